The van der Waals surface area contributed by atoms with Crippen LogP contribution in [0.25, 0.3) is 0 Å². The zero-order valence-electron chi connectivity index (χ0n) is 17.0. The lowest BCUT2D eigenvalue weighted by Gasteiger charge is -2.29. The standard InChI is InChI=1S/C22H27N3O3S/c1-27-19-9-6-8-16(22(19)28-2)18-14-17(20-10-7-13-29-20)23-25(18)21(26)15-24-11-4-3-5-12-24/h6-10,13,18H,3-5,11-12,14-15H2,1-2H3/t18-/m0/s1. The van der Waals surface area contributed by atoms with Gasteiger partial charge in [0.15, 0.2) is 11.5 Å². The molecule has 2 aliphatic rings. The summed E-state index contributed by atoms with van der Waals surface area (Å²) in [7, 11) is 3.26. The molecule has 0 aliphatic carbocycles. The molecule has 6 nitrogen and oxygen atoms in total. The second-order valence-electron chi connectivity index (χ2n) is 7.40. The van der Waals surface area contributed by atoms with Gasteiger partial charge >= 0.3 is 0 Å². The maximum atomic E-state index is 13.3. The third-order valence-electron chi connectivity index (χ3n) is 5.57. The summed E-state index contributed by atoms with van der Waals surface area (Å²) >= 11 is 1.65. The average molecular weight is 414 g/mol. The van der Waals surface area contributed by atoms with E-state index in [9.17, 15) is 4.79 Å². The Kier molecular flexibility index (Phi) is 6.16. The van der Waals surface area contributed by atoms with Crippen molar-refractivity contribution >= 4 is 23.0 Å². The maximum absolute atomic E-state index is 13.3. The van der Waals surface area contributed by atoms with Gasteiger partial charge in [-0.3, -0.25) is 9.69 Å². The molecule has 1 aromatic carbocycles. The molecule has 3 heterocycles. The highest BCUT2D eigenvalue weighted by Crippen LogP contribution is 2.42. The number of carbonyl (C=O) groups excluding carboxylic acids is 1. The van der Waals surface area contributed by atoms with Crippen LogP contribution in [-0.4, -0.2) is 55.4 Å². The highest BCUT2D eigenvalue weighted by Gasteiger charge is 2.36. The summed E-state index contributed by atoms with van der Waals surface area (Å²) in [6, 6.07) is 9.68. The molecule has 1 saturated heterocycles. The van der Waals surface area contributed by atoms with Crippen LogP contribution in [-0.2, 0) is 4.79 Å². The van der Waals surface area contributed by atoms with Crippen molar-refractivity contribution in [2.75, 3.05) is 33.9 Å². The first-order valence-electron chi connectivity index (χ1n) is 10.1. The van der Waals surface area contributed by atoms with Crippen molar-refractivity contribution in [2.24, 2.45) is 5.10 Å². The number of nitrogens with zero attached hydrogens (tertiary/aromatic N) is 3. The molecular weight excluding hydrogens is 386 g/mol. The minimum absolute atomic E-state index is 0.0355. The van der Waals surface area contributed by atoms with Crippen LogP contribution in [0.15, 0.2) is 40.8 Å². The predicted octanol–water partition coefficient (Wildman–Crippen LogP) is 3.93. The quantitative estimate of drug-likeness (QED) is 0.720. The number of rotatable bonds is 6. The number of carbonyl (C=O) groups is 1. The molecule has 1 aromatic heterocycles. The van der Waals surface area contributed by atoms with Crippen molar-refractivity contribution in [3.8, 4) is 11.5 Å². The number of methoxy groups -OCH3 is 2. The predicted molar refractivity (Wildman–Crippen MR) is 115 cm³/mol. The van der Waals surface area contributed by atoms with Gasteiger partial charge in [0.25, 0.3) is 5.91 Å². The second-order valence-corrected chi connectivity index (χ2v) is 8.35. The molecule has 0 spiro atoms. The van der Waals surface area contributed by atoms with Crippen molar-refractivity contribution in [3.63, 3.8) is 0 Å². The lowest BCUT2D eigenvalue weighted by Crippen LogP contribution is -2.40. The number of para-hydroxylation sites is 1. The molecule has 0 unspecified atom stereocenters. The van der Waals surface area contributed by atoms with E-state index < -0.39 is 0 Å². The summed E-state index contributed by atoms with van der Waals surface area (Å²) < 4.78 is 11.1. The fourth-order valence-corrected chi connectivity index (χ4v) is 4.85. The zero-order chi connectivity index (χ0) is 20.2. The molecule has 1 fully saturated rings. The van der Waals surface area contributed by atoms with Gasteiger partial charge in [0.05, 0.1) is 37.4 Å². The molecule has 7 heteroatoms. The Labute approximate surface area is 175 Å². The minimum Gasteiger partial charge on any atom is -0.493 e. The SMILES string of the molecule is COc1cccc([C@@H]2CC(c3cccs3)=NN2C(=O)CN2CCCCC2)c1OC. The number of thiophene rings is 1. The number of hydrazone groups is 1. The van der Waals surface area contributed by atoms with Crippen LogP contribution in [0.4, 0.5) is 0 Å². The molecule has 1 amide bonds. The van der Waals surface area contributed by atoms with Gasteiger partial charge < -0.3 is 9.47 Å². The zero-order valence-corrected chi connectivity index (χ0v) is 17.8. The monoisotopic (exact) mass is 413 g/mol. The van der Waals surface area contributed by atoms with Crippen molar-refractivity contribution < 1.29 is 14.3 Å². The maximum Gasteiger partial charge on any atom is 0.257 e. The third-order valence-corrected chi connectivity index (χ3v) is 6.49. The van der Waals surface area contributed by atoms with Crippen molar-refractivity contribution in [1.82, 2.24) is 9.91 Å². The van der Waals surface area contributed by atoms with Crippen LogP contribution in [0.3, 0.4) is 0 Å². The number of likely N-dealkylation sites (tertiary alicyclic amines) is 1. The van der Waals surface area contributed by atoms with Gasteiger partial charge in [-0.15, -0.1) is 11.3 Å². The van der Waals surface area contributed by atoms with Crippen LogP contribution in [0, 0.1) is 0 Å². The Hall–Kier alpha value is -2.38. The summed E-state index contributed by atoms with van der Waals surface area (Å²) in [6.07, 6.45) is 4.22. The summed E-state index contributed by atoms with van der Waals surface area (Å²) in [4.78, 5) is 16.6. The molecule has 0 saturated carbocycles. The fraction of sp³-hybridized carbons (Fsp3) is 0.455. The lowest BCUT2D eigenvalue weighted by atomic mass is 9.99. The summed E-state index contributed by atoms with van der Waals surface area (Å²) in [5, 5.41) is 8.48. The van der Waals surface area contributed by atoms with E-state index in [4.69, 9.17) is 14.6 Å². The highest BCUT2D eigenvalue weighted by atomic mass is 32.1. The lowest BCUT2D eigenvalue weighted by molar-refractivity contribution is -0.134. The Morgan fingerprint density at radius 3 is 2.66 bits per heavy atom. The number of piperidine rings is 1. The molecule has 154 valence electrons. The molecule has 2 aromatic rings. The van der Waals surface area contributed by atoms with Crippen molar-refractivity contribution in [1.29, 1.82) is 0 Å². The van der Waals surface area contributed by atoms with E-state index in [0.717, 1.165) is 42.1 Å². The Morgan fingerprint density at radius 2 is 1.97 bits per heavy atom. The van der Waals surface area contributed by atoms with Crippen LogP contribution >= 0.6 is 11.3 Å². The minimum atomic E-state index is -0.200. The molecule has 0 radical (unpaired) electrons. The number of hydrogen-bond acceptors (Lipinski definition) is 6. The van der Waals surface area contributed by atoms with E-state index in [1.807, 2.05) is 29.6 Å². The molecule has 29 heavy (non-hydrogen) atoms. The van der Waals surface area contributed by atoms with E-state index in [1.54, 1.807) is 30.6 Å². The Balaban J connectivity index is 1.65. The van der Waals surface area contributed by atoms with E-state index in [0.29, 0.717) is 24.5 Å². The van der Waals surface area contributed by atoms with Crippen molar-refractivity contribution in [2.45, 2.75) is 31.7 Å². The van der Waals surface area contributed by atoms with Crippen LogP contribution in [0.5, 0.6) is 11.5 Å². The van der Waals surface area contributed by atoms with Crippen LogP contribution in [0.2, 0.25) is 0 Å². The first-order valence-corrected chi connectivity index (χ1v) is 11.0. The van der Waals surface area contributed by atoms with E-state index >= 15 is 0 Å². The van der Waals surface area contributed by atoms with Crippen molar-refractivity contribution in [3.05, 3.63) is 46.2 Å². The van der Waals surface area contributed by atoms with Crippen LogP contribution < -0.4 is 9.47 Å². The largest absolute Gasteiger partial charge is 0.493 e. The van der Waals surface area contributed by atoms with Gasteiger partial charge in [-0.05, 0) is 43.4 Å². The smallest absolute Gasteiger partial charge is 0.257 e. The van der Waals surface area contributed by atoms with E-state index in [1.165, 1.54) is 6.42 Å². The number of ether oxygens (including phenoxy) is 2. The Bertz CT molecular complexity index is 875. The van der Waals surface area contributed by atoms with Crippen LogP contribution in [0.1, 0.15) is 42.2 Å². The van der Waals surface area contributed by atoms with E-state index in [2.05, 4.69) is 11.0 Å². The molecular formula is C22H27N3O3S. The molecule has 0 N–H and O–H groups in total. The van der Waals surface area contributed by atoms with Gasteiger partial charge in [-0.1, -0.05) is 24.6 Å². The fourth-order valence-electron chi connectivity index (χ4n) is 4.13. The Morgan fingerprint density at radius 1 is 1.14 bits per heavy atom. The first kappa shape index (κ1) is 19.9. The number of amides is 1. The number of hydrogen-bond donors (Lipinski definition) is 0. The molecule has 0 bridgehead atoms. The normalized spacial score (nSPS) is 19.9. The third kappa shape index (κ3) is 4.16. The topological polar surface area (TPSA) is 54.4 Å². The average Bonchev–Trinajstić information content (AvgIpc) is 3.43. The van der Waals surface area contributed by atoms with E-state index in [-0.39, 0.29) is 11.9 Å². The molecule has 1 atom stereocenters. The van der Waals surface area contributed by atoms with Gasteiger partial charge in [-0.2, -0.15) is 5.10 Å². The number of benzene rings is 1. The second kappa shape index (κ2) is 8.97. The summed E-state index contributed by atoms with van der Waals surface area (Å²) in [6.45, 7) is 2.37. The molecule has 2 aliphatic heterocycles. The van der Waals surface area contributed by atoms with Gasteiger partial charge in [0.1, 0.15) is 0 Å². The summed E-state index contributed by atoms with van der Waals surface area (Å²) in [5.41, 5.74) is 1.87. The highest BCUT2D eigenvalue weighted by molar-refractivity contribution is 7.12. The van der Waals surface area contributed by atoms with Gasteiger partial charge in [0.2, 0.25) is 0 Å². The summed E-state index contributed by atoms with van der Waals surface area (Å²) in [5.74, 6) is 1.37. The first-order chi connectivity index (χ1) is 14.2. The molecule has 4 rings (SSSR count). The van der Waals surface area contributed by atoms with Gasteiger partial charge in [-0.25, -0.2) is 5.01 Å². The van der Waals surface area contributed by atoms with Gasteiger partial charge in [0, 0.05) is 12.0 Å².